The minimum Gasteiger partial charge on any atom is -0.478 e. The lowest BCUT2D eigenvalue weighted by molar-refractivity contribution is -0.120. The zero-order chi connectivity index (χ0) is 19.7. The van der Waals surface area contributed by atoms with E-state index in [0.717, 1.165) is 16.7 Å². The van der Waals surface area contributed by atoms with Crippen molar-refractivity contribution in [2.45, 2.75) is 19.8 Å². The lowest BCUT2D eigenvalue weighted by Gasteiger charge is -2.30. The minimum atomic E-state index is -1.05. The third-order valence-corrected chi connectivity index (χ3v) is 5.08. The number of hydrogen-bond acceptors (Lipinski definition) is 5. The maximum absolute atomic E-state index is 12.6. The number of aromatic carboxylic acids is 1. The first-order chi connectivity index (χ1) is 13.5. The van der Waals surface area contributed by atoms with Crippen molar-refractivity contribution in [3.05, 3.63) is 53.6 Å². The number of anilines is 2. The molecule has 0 radical (unpaired) electrons. The fourth-order valence-electron chi connectivity index (χ4n) is 3.51. The van der Waals surface area contributed by atoms with Gasteiger partial charge < -0.3 is 19.7 Å². The Kier molecular flexibility index (Phi) is 4.73. The maximum atomic E-state index is 12.6. The first-order valence-electron chi connectivity index (χ1n) is 9.26. The van der Waals surface area contributed by atoms with Gasteiger partial charge in [-0.3, -0.25) is 4.79 Å². The molecule has 2 aromatic carbocycles. The first-order valence-corrected chi connectivity index (χ1v) is 9.26. The van der Waals surface area contributed by atoms with E-state index < -0.39 is 5.97 Å². The number of amides is 1. The molecule has 1 amide bonds. The van der Waals surface area contributed by atoms with Gasteiger partial charge in [0.2, 0.25) is 5.91 Å². The standard InChI is InChI=1S/C21H21N3O4/c1-13-6-7-16(15(12-13)20(26)27)22-19(25)14-8-10-24(11-9-14)21-23-17-4-2-3-5-18(17)28-21/h2-7,12,14H,8-11H2,1H3,(H,22,25)(H,26,27). The number of rotatable bonds is 4. The van der Waals surface area contributed by atoms with E-state index in [1.807, 2.05) is 36.1 Å². The van der Waals surface area contributed by atoms with Gasteiger partial charge in [0.05, 0.1) is 11.3 Å². The van der Waals surface area contributed by atoms with Gasteiger partial charge in [-0.05, 0) is 44.0 Å². The van der Waals surface area contributed by atoms with E-state index in [1.165, 1.54) is 0 Å². The van der Waals surface area contributed by atoms with E-state index in [4.69, 9.17) is 4.42 Å². The van der Waals surface area contributed by atoms with Crippen LogP contribution in [0.15, 0.2) is 46.9 Å². The van der Waals surface area contributed by atoms with Gasteiger partial charge in [0.15, 0.2) is 5.58 Å². The molecule has 0 saturated carbocycles. The van der Waals surface area contributed by atoms with E-state index in [1.54, 1.807) is 18.2 Å². The molecule has 7 heteroatoms. The van der Waals surface area contributed by atoms with Crippen LogP contribution in [0.25, 0.3) is 11.1 Å². The smallest absolute Gasteiger partial charge is 0.337 e. The molecule has 0 bridgehead atoms. The van der Waals surface area contributed by atoms with E-state index in [0.29, 0.717) is 37.6 Å². The van der Waals surface area contributed by atoms with Gasteiger partial charge in [0.1, 0.15) is 5.52 Å². The van der Waals surface area contributed by atoms with Crippen molar-refractivity contribution >= 4 is 34.7 Å². The Morgan fingerprint density at radius 3 is 2.64 bits per heavy atom. The summed E-state index contributed by atoms with van der Waals surface area (Å²) in [5.74, 6) is -1.38. The molecule has 3 aromatic rings. The fraction of sp³-hybridized carbons (Fsp3) is 0.286. The van der Waals surface area contributed by atoms with Crippen molar-refractivity contribution in [3.63, 3.8) is 0 Å². The average Bonchev–Trinajstić information content (AvgIpc) is 3.13. The number of carbonyl (C=O) groups excluding carboxylic acids is 1. The number of nitrogens with zero attached hydrogens (tertiary/aromatic N) is 2. The lowest BCUT2D eigenvalue weighted by atomic mass is 9.96. The molecule has 1 saturated heterocycles. The summed E-state index contributed by atoms with van der Waals surface area (Å²) in [5.41, 5.74) is 2.85. The summed E-state index contributed by atoms with van der Waals surface area (Å²) in [7, 11) is 0. The summed E-state index contributed by atoms with van der Waals surface area (Å²) in [5, 5.41) is 12.1. The van der Waals surface area contributed by atoms with Gasteiger partial charge in [-0.15, -0.1) is 0 Å². The second-order valence-electron chi connectivity index (χ2n) is 7.07. The molecule has 1 aromatic heterocycles. The van der Waals surface area contributed by atoms with Gasteiger partial charge in [0, 0.05) is 19.0 Å². The molecule has 7 nitrogen and oxygen atoms in total. The molecule has 1 aliphatic heterocycles. The van der Waals surface area contributed by atoms with E-state index in [9.17, 15) is 14.7 Å². The van der Waals surface area contributed by atoms with Gasteiger partial charge in [-0.25, -0.2) is 4.79 Å². The van der Waals surface area contributed by atoms with Crippen LogP contribution in [0.5, 0.6) is 0 Å². The molecule has 0 spiro atoms. The number of aryl methyl sites for hydroxylation is 1. The number of benzene rings is 2. The highest BCUT2D eigenvalue weighted by molar-refractivity contribution is 6.01. The number of hydrogen-bond donors (Lipinski definition) is 2. The molecule has 0 unspecified atom stereocenters. The molecule has 144 valence electrons. The largest absolute Gasteiger partial charge is 0.478 e. The molecule has 4 rings (SSSR count). The normalized spacial score (nSPS) is 15.0. The summed E-state index contributed by atoms with van der Waals surface area (Å²) in [6.07, 6.45) is 1.30. The number of nitrogens with one attached hydrogen (secondary N) is 1. The van der Waals surface area contributed by atoms with Crippen LogP contribution < -0.4 is 10.2 Å². The van der Waals surface area contributed by atoms with E-state index in [-0.39, 0.29) is 17.4 Å². The van der Waals surface area contributed by atoms with Crippen LogP contribution in [0.2, 0.25) is 0 Å². The van der Waals surface area contributed by atoms with Crippen LogP contribution in [0, 0.1) is 12.8 Å². The highest BCUT2D eigenvalue weighted by atomic mass is 16.4. The number of oxazole rings is 1. The third kappa shape index (κ3) is 3.55. The van der Waals surface area contributed by atoms with Gasteiger partial charge in [-0.1, -0.05) is 23.8 Å². The predicted molar refractivity (Wildman–Crippen MR) is 106 cm³/mol. The summed E-state index contributed by atoms with van der Waals surface area (Å²) in [6.45, 7) is 3.13. The number of carboxylic acids is 1. The topological polar surface area (TPSA) is 95.7 Å². The van der Waals surface area contributed by atoms with Crippen LogP contribution in [-0.4, -0.2) is 35.1 Å². The number of fused-ring (bicyclic) bond motifs is 1. The molecule has 0 atom stereocenters. The van der Waals surface area contributed by atoms with Crippen LogP contribution in [0.4, 0.5) is 11.7 Å². The van der Waals surface area contributed by atoms with E-state index in [2.05, 4.69) is 10.3 Å². The molecule has 1 aliphatic rings. The average molecular weight is 379 g/mol. The monoisotopic (exact) mass is 379 g/mol. The van der Waals surface area contributed by atoms with Crippen LogP contribution >= 0.6 is 0 Å². The molecule has 2 N–H and O–H groups in total. The molecular weight excluding hydrogens is 358 g/mol. The summed E-state index contributed by atoms with van der Waals surface area (Å²) >= 11 is 0. The summed E-state index contributed by atoms with van der Waals surface area (Å²) in [4.78, 5) is 30.6. The van der Waals surface area contributed by atoms with Crippen LogP contribution in [0.1, 0.15) is 28.8 Å². The van der Waals surface area contributed by atoms with Crippen LogP contribution in [0.3, 0.4) is 0 Å². The Morgan fingerprint density at radius 2 is 1.93 bits per heavy atom. The maximum Gasteiger partial charge on any atom is 0.337 e. The zero-order valence-corrected chi connectivity index (χ0v) is 15.5. The lowest BCUT2D eigenvalue weighted by Crippen LogP contribution is -2.38. The van der Waals surface area contributed by atoms with Crippen LogP contribution in [-0.2, 0) is 4.79 Å². The predicted octanol–water partition coefficient (Wildman–Crippen LogP) is 3.69. The molecule has 0 aliphatic carbocycles. The molecule has 2 heterocycles. The van der Waals surface area contributed by atoms with Crippen molar-refractivity contribution in [3.8, 4) is 0 Å². The molecule has 1 fully saturated rings. The number of piperidine rings is 1. The third-order valence-electron chi connectivity index (χ3n) is 5.08. The van der Waals surface area contributed by atoms with Gasteiger partial charge in [0.25, 0.3) is 6.01 Å². The summed E-state index contributed by atoms with van der Waals surface area (Å²) in [6, 6.07) is 13.2. The number of carbonyl (C=O) groups is 2. The molecular formula is C21H21N3O4. The molecule has 28 heavy (non-hydrogen) atoms. The van der Waals surface area contributed by atoms with Crippen molar-refractivity contribution in [2.75, 3.05) is 23.3 Å². The Labute approximate surface area is 162 Å². The summed E-state index contributed by atoms with van der Waals surface area (Å²) < 4.78 is 5.80. The quantitative estimate of drug-likeness (QED) is 0.718. The highest BCUT2D eigenvalue weighted by Crippen LogP contribution is 2.27. The zero-order valence-electron chi connectivity index (χ0n) is 15.5. The second-order valence-corrected chi connectivity index (χ2v) is 7.07. The van der Waals surface area contributed by atoms with Crippen molar-refractivity contribution in [2.24, 2.45) is 5.92 Å². The fourth-order valence-corrected chi connectivity index (χ4v) is 3.51. The van der Waals surface area contributed by atoms with Crippen molar-refractivity contribution in [1.82, 2.24) is 4.98 Å². The highest BCUT2D eigenvalue weighted by Gasteiger charge is 2.28. The number of para-hydroxylation sites is 2. The first kappa shape index (κ1) is 18.0. The van der Waals surface area contributed by atoms with Gasteiger partial charge in [-0.2, -0.15) is 4.98 Å². The SMILES string of the molecule is Cc1ccc(NC(=O)C2CCN(c3nc4ccccc4o3)CC2)c(C(=O)O)c1. The second kappa shape index (κ2) is 7.34. The van der Waals surface area contributed by atoms with Gasteiger partial charge >= 0.3 is 5.97 Å². The number of aromatic nitrogens is 1. The Morgan fingerprint density at radius 1 is 1.18 bits per heavy atom. The van der Waals surface area contributed by atoms with E-state index >= 15 is 0 Å². The Hall–Kier alpha value is -3.35. The number of carboxylic acid groups (broad SMARTS) is 1. The van der Waals surface area contributed by atoms with Crippen molar-refractivity contribution < 1.29 is 19.1 Å². The van der Waals surface area contributed by atoms with Crippen molar-refractivity contribution in [1.29, 1.82) is 0 Å². The minimum absolute atomic E-state index is 0.109. The Bertz CT molecular complexity index is 1000. The Balaban J connectivity index is 1.41.